The predicted molar refractivity (Wildman–Crippen MR) is 71.5 cm³/mol. The third-order valence-electron chi connectivity index (χ3n) is 4.44. The van der Waals surface area contributed by atoms with Crippen molar-refractivity contribution in [2.45, 2.75) is 71.0 Å². The number of hydrogen-bond donors (Lipinski definition) is 0. The van der Waals surface area contributed by atoms with Crippen LogP contribution in [0, 0.1) is 0 Å². The van der Waals surface area contributed by atoms with Crippen molar-refractivity contribution in [3.05, 3.63) is 11.6 Å². The van der Waals surface area contributed by atoms with Crippen LogP contribution >= 0.6 is 0 Å². The highest BCUT2D eigenvalue weighted by Gasteiger charge is 2.28. The molecule has 0 aliphatic carbocycles. The van der Waals surface area contributed by atoms with E-state index in [0.717, 1.165) is 19.4 Å². The number of aromatic nitrogens is 3. The number of hydrogen-bond acceptors (Lipinski definition) is 3. The van der Waals surface area contributed by atoms with Gasteiger partial charge in [0.15, 0.2) is 0 Å². The Balaban J connectivity index is 1.74. The SMILES string of the molecule is CC(C)N1CCCC1Cc1nnc2n1CCCC2. The molecule has 4 heteroatoms. The minimum absolute atomic E-state index is 0.654. The molecular formula is C14H24N4. The Morgan fingerprint density at radius 1 is 1.17 bits per heavy atom. The van der Waals surface area contributed by atoms with E-state index in [-0.39, 0.29) is 0 Å². The largest absolute Gasteiger partial charge is 0.315 e. The van der Waals surface area contributed by atoms with Crippen LogP contribution in [-0.2, 0) is 19.4 Å². The van der Waals surface area contributed by atoms with E-state index in [1.165, 1.54) is 43.9 Å². The highest BCUT2D eigenvalue weighted by molar-refractivity contribution is 5.02. The van der Waals surface area contributed by atoms with Crippen molar-refractivity contribution in [1.82, 2.24) is 19.7 Å². The van der Waals surface area contributed by atoms with E-state index in [1.807, 2.05) is 0 Å². The molecule has 2 aliphatic heterocycles. The van der Waals surface area contributed by atoms with E-state index < -0.39 is 0 Å². The first-order valence-corrected chi connectivity index (χ1v) is 7.42. The molecule has 1 fully saturated rings. The van der Waals surface area contributed by atoms with Crippen LogP contribution in [0.15, 0.2) is 0 Å². The second-order valence-electron chi connectivity index (χ2n) is 5.97. The molecule has 18 heavy (non-hydrogen) atoms. The molecule has 2 aliphatic rings. The normalized spacial score (nSPS) is 24.7. The van der Waals surface area contributed by atoms with Crippen molar-refractivity contribution < 1.29 is 0 Å². The first-order valence-electron chi connectivity index (χ1n) is 7.42. The predicted octanol–water partition coefficient (Wildman–Crippen LogP) is 2.03. The molecule has 1 saturated heterocycles. The summed E-state index contributed by atoms with van der Waals surface area (Å²) in [6.45, 7) is 6.99. The number of likely N-dealkylation sites (tertiary alicyclic amines) is 1. The molecule has 1 atom stereocenters. The van der Waals surface area contributed by atoms with Gasteiger partial charge in [0, 0.05) is 31.5 Å². The quantitative estimate of drug-likeness (QED) is 0.821. The maximum atomic E-state index is 4.44. The summed E-state index contributed by atoms with van der Waals surface area (Å²) >= 11 is 0. The van der Waals surface area contributed by atoms with Gasteiger partial charge in [-0.15, -0.1) is 10.2 Å². The first kappa shape index (κ1) is 12.2. The lowest BCUT2D eigenvalue weighted by molar-refractivity contribution is 0.199. The molecule has 1 unspecified atom stereocenters. The van der Waals surface area contributed by atoms with Crippen LogP contribution < -0.4 is 0 Å². The number of fused-ring (bicyclic) bond motifs is 1. The van der Waals surface area contributed by atoms with Crippen LogP contribution in [0.3, 0.4) is 0 Å². The lowest BCUT2D eigenvalue weighted by Crippen LogP contribution is -2.37. The maximum absolute atomic E-state index is 4.44. The molecule has 1 aromatic heterocycles. The molecule has 3 heterocycles. The zero-order chi connectivity index (χ0) is 12.5. The van der Waals surface area contributed by atoms with Crippen molar-refractivity contribution >= 4 is 0 Å². The third kappa shape index (κ3) is 2.18. The lowest BCUT2D eigenvalue weighted by Gasteiger charge is -2.28. The zero-order valence-corrected chi connectivity index (χ0v) is 11.6. The summed E-state index contributed by atoms with van der Waals surface area (Å²) in [6.07, 6.45) is 7.43. The number of nitrogens with zero attached hydrogens (tertiary/aromatic N) is 4. The van der Waals surface area contributed by atoms with Gasteiger partial charge >= 0.3 is 0 Å². The van der Waals surface area contributed by atoms with Gasteiger partial charge in [-0.2, -0.15) is 0 Å². The summed E-state index contributed by atoms with van der Waals surface area (Å²) < 4.78 is 2.38. The number of aryl methyl sites for hydroxylation is 1. The topological polar surface area (TPSA) is 34.0 Å². The summed E-state index contributed by atoms with van der Waals surface area (Å²) in [4.78, 5) is 2.63. The Hall–Kier alpha value is -0.900. The molecule has 3 rings (SSSR count). The van der Waals surface area contributed by atoms with Gasteiger partial charge < -0.3 is 4.57 Å². The van der Waals surface area contributed by atoms with Crippen molar-refractivity contribution in [2.75, 3.05) is 6.54 Å². The summed E-state index contributed by atoms with van der Waals surface area (Å²) in [5, 5.41) is 8.80. The van der Waals surface area contributed by atoms with Crippen molar-refractivity contribution in [3.8, 4) is 0 Å². The van der Waals surface area contributed by atoms with Gasteiger partial charge in [-0.3, -0.25) is 4.90 Å². The number of rotatable bonds is 3. The maximum Gasteiger partial charge on any atom is 0.134 e. The van der Waals surface area contributed by atoms with Gasteiger partial charge in [-0.25, -0.2) is 0 Å². The molecule has 0 bridgehead atoms. The first-order chi connectivity index (χ1) is 8.75. The smallest absolute Gasteiger partial charge is 0.134 e. The Kier molecular flexibility index (Phi) is 3.37. The fraction of sp³-hybridized carbons (Fsp3) is 0.857. The summed E-state index contributed by atoms with van der Waals surface area (Å²) in [6, 6.07) is 1.33. The fourth-order valence-corrected chi connectivity index (χ4v) is 3.49. The van der Waals surface area contributed by atoms with E-state index in [2.05, 4.69) is 33.5 Å². The van der Waals surface area contributed by atoms with Crippen LogP contribution in [0.1, 0.15) is 51.2 Å². The second kappa shape index (κ2) is 5.00. The molecule has 1 aromatic rings. The van der Waals surface area contributed by atoms with Crippen LogP contribution in [0.2, 0.25) is 0 Å². The third-order valence-corrected chi connectivity index (χ3v) is 4.44. The monoisotopic (exact) mass is 248 g/mol. The molecule has 0 spiro atoms. The highest BCUT2D eigenvalue weighted by atomic mass is 15.3. The molecule has 0 N–H and O–H groups in total. The van der Waals surface area contributed by atoms with Gasteiger partial charge in [0.2, 0.25) is 0 Å². The van der Waals surface area contributed by atoms with Crippen LogP contribution in [0.5, 0.6) is 0 Å². The van der Waals surface area contributed by atoms with Crippen LogP contribution in [0.4, 0.5) is 0 Å². The van der Waals surface area contributed by atoms with Gasteiger partial charge in [0.1, 0.15) is 11.6 Å². The molecule has 0 amide bonds. The van der Waals surface area contributed by atoms with Gasteiger partial charge in [0.25, 0.3) is 0 Å². The molecule has 0 radical (unpaired) electrons. The molecule has 0 saturated carbocycles. The van der Waals surface area contributed by atoms with Crippen molar-refractivity contribution in [3.63, 3.8) is 0 Å². The standard InChI is InChI=1S/C14H24N4/c1-11(2)17-9-5-6-12(17)10-14-16-15-13-7-3-4-8-18(13)14/h11-12H,3-10H2,1-2H3. The summed E-state index contributed by atoms with van der Waals surface area (Å²) in [7, 11) is 0. The van der Waals surface area contributed by atoms with Gasteiger partial charge in [-0.05, 0) is 46.1 Å². The van der Waals surface area contributed by atoms with Crippen LogP contribution in [-0.4, -0.2) is 38.3 Å². The van der Waals surface area contributed by atoms with Crippen molar-refractivity contribution in [2.24, 2.45) is 0 Å². The lowest BCUT2D eigenvalue weighted by atomic mass is 10.1. The average molecular weight is 248 g/mol. The van der Waals surface area contributed by atoms with E-state index >= 15 is 0 Å². The average Bonchev–Trinajstić information content (AvgIpc) is 2.97. The summed E-state index contributed by atoms with van der Waals surface area (Å²) in [5.74, 6) is 2.44. The Bertz CT molecular complexity index is 410. The second-order valence-corrected chi connectivity index (χ2v) is 5.97. The Morgan fingerprint density at radius 3 is 2.89 bits per heavy atom. The van der Waals surface area contributed by atoms with E-state index in [4.69, 9.17) is 0 Å². The fourth-order valence-electron chi connectivity index (χ4n) is 3.49. The van der Waals surface area contributed by atoms with Crippen LogP contribution in [0.25, 0.3) is 0 Å². The molecule has 100 valence electrons. The highest BCUT2D eigenvalue weighted by Crippen LogP contribution is 2.24. The van der Waals surface area contributed by atoms with Gasteiger partial charge in [-0.1, -0.05) is 0 Å². The van der Waals surface area contributed by atoms with Crippen molar-refractivity contribution in [1.29, 1.82) is 0 Å². The Labute approximate surface area is 109 Å². The van der Waals surface area contributed by atoms with E-state index in [0.29, 0.717) is 12.1 Å². The minimum atomic E-state index is 0.654. The molecule has 4 nitrogen and oxygen atoms in total. The molecular weight excluding hydrogens is 224 g/mol. The summed E-state index contributed by atoms with van der Waals surface area (Å²) in [5.41, 5.74) is 0. The minimum Gasteiger partial charge on any atom is -0.315 e. The zero-order valence-electron chi connectivity index (χ0n) is 11.6. The van der Waals surface area contributed by atoms with Gasteiger partial charge in [0.05, 0.1) is 0 Å². The van der Waals surface area contributed by atoms with E-state index in [9.17, 15) is 0 Å². The van der Waals surface area contributed by atoms with E-state index in [1.54, 1.807) is 0 Å². The molecule has 0 aromatic carbocycles. The Morgan fingerprint density at radius 2 is 2.06 bits per heavy atom.